The summed E-state index contributed by atoms with van der Waals surface area (Å²) in [6, 6.07) is 0.346. The molecule has 0 saturated heterocycles. The van der Waals surface area contributed by atoms with Crippen molar-refractivity contribution in [2.24, 2.45) is 4.99 Å². The molecule has 6 nitrogen and oxygen atoms in total. The molecule has 158 valence electrons. The minimum Gasteiger partial charge on any atom is -0.378 e. The lowest BCUT2D eigenvalue weighted by molar-refractivity contribution is -0.120. The van der Waals surface area contributed by atoms with Crippen molar-refractivity contribution in [2.45, 2.75) is 89.7 Å². The zero-order valence-electron chi connectivity index (χ0n) is 16.9. The Hall–Kier alpha value is -0.570. The number of aliphatic imine (C=N–C) groups is 1. The number of carbonyl (C=O) groups is 1. The summed E-state index contributed by atoms with van der Waals surface area (Å²) in [4.78, 5) is 16.5. The van der Waals surface area contributed by atoms with Crippen LogP contribution in [0, 0.1) is 0 Å². The normalized spacial score (nSPS) is 19.2. The van der Waals surface area contributed by atoms with Crippen LogP contribution in [0.3, 0.4) is 0 Å². The SMILES string of the molecule is CCNC(=NCC(=O)NC1CCCCC1)NCCCOC1CCCCC1.I. The van der Waals surface area contributed by atoms with Gasteiger partial charge in [-0.1, -0.05) is 38.5 Å². The van der Waals surface area contributed by atoms with Crippen LogP contribution in [0.2, 0.25) is 0 Å². The van der Waals surface area contributed by atoms with Crippen LogP contribution in [-0.4, -0.2) is 50.3 Å². The fraction of sp³-hybridized carbons (Fsp3) is 0.900. The van der Waals surface area contributed by atoms with E-state index in [9.17, 15) is 4.79 Å². The van der Waals surface area contributed by atoms with E-state index in [-0.39, 0.29) is 36.4 Å². The number of hydrogen-bond donors (Lipinski definition) is 3. The summed E-state index contributed by atoms with van der Waals surface area (Å²) >= 11 is 0. The highest BCUT2D eigenvalue weighted by Gasteiger charge is 2.15. The number of nitrogens with one attached hydrogen (secondary N) is 3. The molecule has 2 rings (SSSR count). The predicted octanol–water partition coefficient (Wildman–Crippen LogP) is 3.35. The molecule has 0 unspecified atom stereocenters. The van der Waals surface area contributed by atoms with Crippen LogP contribution >= 0.6 is 24.0 Å². The average molecular weight is 494 g/mol. The topological polar surface area (TPSA) is 74.8 Å². The molecule has 3 N–H and O–H groups in total. The predicted molar refractivity (Wildman–Crippen MR) is 122 cm³/mol. The molecule has 0 radical (unpaired) electrons. The highest BCUT2D eigenvalue weighted by molar-refractivity contribution is 14.0. The van der Waals surface area contributed by atoms with Crippen LogP contribution in [0.5, 0.6) is 0 Å². The first-order valence-electron chi connectivity index (χ1n) is 10.7. The smallest absolute Gasteiger partial charge is 0.242 e. The number of amides is 1. The molecule has 0 heterocycles. The Morgan fingerprint density at radius 2 is 1.67 bits per heavy atom. The zero-order chi connectivity index (χ0) is 18.5. The van der Waals surface area contributed by atoms with Crippen LogP contribution in [0.15, 0.2) is 4.99 Å². The lowest BCUT2D eigenvalue weighted by Gasteiger charge is -2.22. The number of rotatable bonds is 9. The van der Waals surface area contributed by atoms with E-state index in [1.807, 2.05) is 6.92 Å². The average Bonchev–Trinajstić information content (AvgIpc) is 2.67. The molecular formula is C20H39IN4O2. The Morgan fingerprint density at radius 3 is 2.33 bits per heavy atom. The van der Waals surface area contributed by atoms with E-state index < -0.39 is 0 Å². The minimum absolute atomic E-state index is 0. The number of guanidine groups is 1. The van der Waals surface area contributed by atoms with E-state index in [4.69, 9.17) is 4.74 Å². The van der Waals surface area contributed by atoms with Crippen LogP contribution in [-0.2, 0) is 9.53 Å². The van der Waals surface area contributed by atoms with Gasteiger partial charge in [0.25, 0.3) is 0 Å². The van der Waals surface area contributed by atoms with Crippen molar-refractivity contribution in [1.29, 1.82) is 0 Å². The number of hydrogen-bond acceptors (Lipinski definition) is 3. The van der Waals surface area contributed by atoms with Crippen molar-refractivity contribution in [2.75, 3.05) is 26.2 Å². The summed E-state index contributed by atoms with van der Waals surface area (Å²) in [5, 5.41) is 9.60. The number of nitrogens with zero attached hydrogens (tertiary/aromatic N) is 1. The summed E-state index contributed by atoms with van der Waals surface area (Å²) in [5.74, 6) is 0.735. The van der Waals surface area contributed by atoms with E-state index in [0.29, 0.717) is 18.1 Å². The van der Waals surface area contributed by atoms with Gasteiger partial charge in [0.15, 0.2) is 5.96 Å². The fourth-order valence-electron chi connectivity index (χ4n) is 3.77. The van der Waals surface area contributed by atoms with Gasteiger partial charge in [0.05, 0.1) is 6.10 Å². The maximum Gasteiger partial charge on any atom is 0.242 e. The Kier molecular flexibility index (Phi) is 13.9. The molecule has 27 heavy (non-hydrogen) atoms. The third kappa shape index (κ3) is 11.1. The van der Waals surface area contributed by atoms with E-state index in [1.54, 1.807) is 0 Å². The maximum absolute atomic E-state index is 12.1. The van der Waals surface area contributed by atoms with E-state index in [2.05, 4.69) is 20.9 Å². The Morgan fingerprint density at radius 1 is 1.00 bits per heavy atom. The number of halogens is 1. The van der Waals surface area contributed by atoms with Crippen LogP contribution in [0.25, 0.3) is 0 Å². The van der Waals surface area contributed by atoms with E-state index in [0.717, 1.165) is 39.0 Å². The molecule has 0 atom stereocenters. The molecule has 2 aliphatic carbocycles. The molecule has 2 aliphatic rings. The largest absolute Gasteiger partial charge is 0.378 e. The molecule has 0 aromatic heterocycles. The monoisotopic (exact) mass is 494 g/mol. The van der Waals surface area contributed by atoms with Gasteiger partial charge in [-0.05, 0) is 39.0 Å². The van der Waals surface area contributed by atoms with Gasteiger partial charge >= 0.3 is 0 Å². The first-order valence-corrected chi connectivity index (χ1v) is 10.7. The van der Waals surface area contributed by atoms with Crippen molar-refractivity contribution < 1.29 is 9.53 Å². The lowest BCUT2D eigenvalue weighted by atomic mass is 9.95. The molecule has 1 amide bonds. The summed E-state index contributed by atoms with van der Waals surface area (Å²) < 4.78 is 5.94. The lowest BCUT2D eigenvalue weighted by Crippen LogP contribution is -2.41. The first kappa shape index (κ1) is 24.5. The molecule has 0 aliphatic heterocycles. The molecule has 7 heteroatoms. The van der Waals surface area contributed by atoms with Crippen molar-refractivity contribution >= 4 is 35.8 Å². The molecule has 0 aromatic carbocycles. The van der Waals surface area contributed by atoms with Gasteiger partial charge in [0.2, 0.25) is 5.91 Å². The molecule has 2 fully saturated rings. The van der Waals surface area contributed by atoms with Gasteiger partial charge in [0, 0.05) is 25.7 Å². The van der Waals surface area contributed by atoms with Gasteiger partial charge in [-0.2, -0.15) is 0 Å². The second kappa shape index (κ2) is 15.4. The standard InChI is InChI=1S/C20H38N4O2.HI/c1-2-21-20(22-14-9-15-26-18-12-7-4-8-13-18)23-16-19(25)24-17-10-5-3-6-11-17;/h17-18H,2-16H2,1H3,(H,24,25)(H2,21,22,23);1H. The highest BCUT2D eigenvalue weighted by atomic mass is 127. The minimum atomic E-state index is 0. The zero-order valence-corrected chi connectivity index (χ0v) is 19.3. The Labute approximate surface area is 182 Å². The molecule has 0 spiro atoms. The van der Waals surface area contributed by atoms with Crippen LogP contribution in [0.4, 0.5) is 0 Å². The molecule has 0 bridgehead atoms. The molecule has 2 saturated carbocycles. The summed E-state index contributed by atoms with van der Waals surface area (Å²) in [5.41, 5.74) is 0. The van der Waals surface area contributed by atoms with Crippen LogP contribution in [0.1, 0.15) is 77.6 Å². The maximum atomic E-state index is 12.1. The van der Waals surface area contributed by atoms with Gasteiger partial charge in [-0.15, -0.1) is 24.0 Å². The third-order valence-corrected chi connectivity index (χ3v) is 5.21. The summed E-state index contributed by atoms with van der Waals surface area (Å²) in [7, 11) is 0. The third-order valence-electron chi connectivity index (χ3n) is 5.21. The van der Waals surface area contributed by atoms with E-state index in [1.165, 1.54) is 51.4 Å². The Balaban J connectivity index is 0.00000364. The summed E-state index contributed by atoms with van der Waals surface area (Å²) in [6.07, 6.45) is 13.8. The van der Waals surface area contributed by atoms with Crippen LogP contribution < -0.4 is 16.0 Å². The second-order valence-electron chi connectivity index (χ2n) is 7.51. The van der Waals surface area contributed by atoms with Crippen molar-refractivity contribution in [3.63, 3.8) is 0 Å². The second-order valence-corrected chi connectivity index (χ2v) is 7.51. The van der Waals surface area contributed by atoms with E-state index >= 15 is 0 Å². The first-order chi connectivity index (χ1) is 12.8. The van der Waals surface area contributed by atoms with Gasteiger partial charge in [-0.3, -0.25) is 4.79 Å². The van der Waals surface area contributed by atoms with Gasteiger partial charge < -0.3 is 20.7 Å². The van der Waals surface area contributed by atoms with Crippen molar-refractivity contribution in [1.82, 2.24) is 16.0 Å². The molecule has 0 aromatic rings. The number of carbonyl (C=O) groups excluding carboxylic acids is 1. The fourth-order valence-corrected chi connectivity index (χ4v) is 3.77. The highest BCUT2D eigenvalue weighted by Crippen LogP contribution is 2.20. The van der Waals surface area contributed by atoms with Gasteiger partial charge in [0.1, 0.15) is 6.54 Å². The van der Waals surface area contributed by atoms with Crippen molar-refractivity contribution in [3.8, 4) is 0 Å². The Bertz CT molecular complexity index is 422. The van der Waals surface area contributed by atoms with Crippen molar-refractivity contribution in [3.05, 3.63) is 0 Å². The quantitative estimate of drug-likeness (QED) is 0.199. The number of ether oxygens (including phenoxy) is 1. The molecular weight excluding hydrogens is 455 g/mol. The summed E-state index contributed by atoms with van der Waals surface area (Å²) in [6.45, 7) is 4.60. The van der Waals surface area contributed by atoms with Gasteiger partial charge in [-0.25, -0.2) is 4.99 Å².